The first-order chi connectivity index (χ1) is 5.55. The zero-order valence-electron chi connectivity index (χ0n) is 7.53. The molecule has 0 aromatic carbocycles. The van der Waals surface area contributed by atoms with Crippen LogP contribution in [0.1, 0.15) is 19.4 Å². The van der Waals surface area contributed by atoms with Gasteiger partial charge in [-0.25, -0.2) is 4.98 Å². The third kappa shape index (κ3) is 1.74. The number of rotatable bonds is 2. The van der Waals surface area contributed by atoms with Gasteiger partial charge < -0.3 is 9.84 Å². The molecule has 0 unspecified atom stereocenters. The summed E-state index contributed by atoms with van der Waals surface area (Å²) >= 11 is 0. The minimum atomic E-state index is -0.903. The Morgan fingerprint density at radius 2 is 2.17 bits per heavy atom. The average Bonchev–Trinajstić information content (AvgIpc) is 2.03. The second kappa shape index (κ2) is 3.11. The fourth-order valence-electron chi connectivity index (χ4n) is 1.02. The molecule has 0 amide bonds. The Kier molecular flexibility index (Phi) is 2.33. The van der Waals surface area contributed by atoms with Gasteiger partial charge in [0.1, 0.15) is 0 Å². The Balaban J connectivity index is 3.14. The predicted octanol–water partition coefficient (Wildman–Crippen LogP) is 1.32. The van der Waals surface area contributed by atoms with Gasteiger partial charge in [-0.3, -0.25) is 0 Å². The van der Waals surface area contributed by atoms with Crippen molar-refractivity contribution in [1.82, 2.24) is 4.98 Å². The normalized spacial score (nSPS) is 11.3. The van der Waals surface area contributed by atoms with E-state index in [0.717, 1.165) is 0 Å². The highest BCUT2D eigenvalue weighted by molar-refractivity contribution is 5.30. The maximum absolute atomic E-state index is 9.68. The van der Waals surface area contributed by atoms with Crippen LogP contribution in [0.25, 0.3) is 0 Å². The largest absolute Gasteiger partial charge is 0.481 e. The van der Waals surface area contributed by atoms with E-state index in [9.17, 15) is 5.11 Å². The molecule has 0 atom stereocenters. The summed E-state index contributed by atoms with van der Waals surface area (Å²) in [6.07, 6.45) is 1.63. The maximum Gasteiger partial charge on any atom is 0.219 e. The highest BCUT2D eigenvalue weighted by Gasteiger charge is 2.20. The molecule has 0 fully saturated rings. The number of hydrogen-bond donors (Lipinski definition) is 1. The molecule has 66 valence electrons. The van der Waals surface area contributed by atoms with E-state index in [1.54, 1.807) is 32.2 Å². The van der Waals surface area contributed by atoms with Gasteiger partial charge in [0.15, 0.2) is 0 Å². The number of aromatic nitrogens is 1. The lowest BCUT2D eigenvalue weighted by Crippen LogP contribution is -2.17. The Morgan fingerprint density at radius 1 is 1.50 bits per heavy atom. The fourth-order valence-corrected chi connectivity index (χ4v) is 1.02. The van der Waals surface area contributed by atoms with Gasteiger partial charge in [-0.1, -0.05) is 0 Å². The zero-order valence-corrected chi connectivity index (χ0v) is 7.53. The molecular formula is C9H13NO2. The van der Waals surface area contributed by atoms with Crippen molar-refractivity contribution in [3.63, 3.8) is 0 Å². The van der Waals surface area contributed by atoms with Crippen LogP contribution in [0.15, 0.2) is 18.3 Å². The topological polar surface area (TPSA) is 42.4 Å². The fraction of sp³-hybridized carbons (Fsp3) is 0.444. The molecular weight excluding hydrogens is 154 g/mol. The lowest BCUT2D eigenvalue weighted by Gasteiger charge is -2.19. The number of methoxy groups -OCH3 is 1. The third-order valence-electron chi connectivity index (χ3n) is 1.62. The summed E-state index contributed by atoms with van der Waals surface area (Å²) in [5.41, 5.74) is -0.202. The van der Waals surface area contributed by atoms with Gasteiger partial charge >= 0.3 is 0 Å². The molecule has 0 spiro atoms. The lowest BCUT2D eigenvalue weighted by atomic mass is 10.00. The van der Waals surface area contributed by atoms with E-state index in [1.165, 1.54) is 7.11 Å². The summed E-state index contributed by atoms with van der Waals surface area (Å²) in [5.74, 6) is 0.477. The van der Waals surface area contributed by atoms with E-state index < -0.39 is 5.60 Å². The Labute approximate surface area is 72.0 Å². The van der Waals surface area contributed by atoms with E-state index in [1.807, 2.05) is 0 Å². The minimum Gasteiger partial charge on any atom is -0.481 e. The summed E-state index contributed by atoms with van der Waals surface area (Å²) in [6.45, 7) is 3.40. The standard InChI is InChI=1S/C9H13NO2/c1-9(2,11)7-5-4-6-10-8(7)12-3/h4-6,11H,1-3H3. The highest BCUT2D eigenvalue weighted by Crippen LogP contribution is 2.26. The van der Waals surface area contributed by atoms with Crippen LogP contribution < -0.4 is 4.74 Å². The monoisotopic (exact) mass is 167 g/mol. The van der Waals surface area contributed by atoms with Crippen molar-refractivity contribution in [2.45, 2.75) is 19.4 Å². The van der Waals surface area contributed by atoms with Gasteiger partial charge in [0.2, 0.25) is 5.88 Å². The summed E-state index contributed by atoms with van der Waals surface area (Å²) in [5, 5.41) is 9.68. The molecule has 0 bridgehead atoms. The van der Waals surface area contributed by atoms with Crippen molar-refractivity contribution >= 4 is 0 Å². The number of ether oxygens (including phenoxy) is 1. The summed E-state index contributed by atoms with van der Waals surface area (Å²) < 4.78 is 5.00. The third-order valence-corrected chi connectivity index (χ3v) is 1.62. The first kappa shape index (κ1) is 9.00. The van der Waals surface area contributed by atoms with Gasteiger partial charge in [0.25, 0.3) is 0 Å². The van der Waals surface area contributed by atoms with Gasteiger partial charge in [0, 0.05) is 11.8 Å². The first-order valence-electron chi connectivity index (χ1n) is 3.77. The SMILES string of the molecule is COc1ncccc1C(C)(C)O. The van der Waals surface area contributed by atoms with Crippen LogP contribution in [-0.4, -0.2) is 17.2 Å². The number of aliphatic hydroxyl groups is 1. The van der Waals surface area contributed by atoms with Gasteiger partial charge in [-0.05, 0) is 26.0 Å². The van der Waals surface area contributed by atoms with Gasteiger partial charge in [0.05, 0.1) is 12.7 Å². The number of hydrogen-bond acceptors (Lipinski definition) is 3. The Bertz CT molecular complexity index is 265. The van der Waals surface area contributed by atoms with E-state index >= 15 is 0 Å². The molecule has 3 heteroatoms. The highest BCUT2D eigenvalue weighted by atomic mass is 16.5. The molecule has 3 nitrogen and oxygen atoms in total. The van der Waals surface area contributed by atoms with Crippen LogP contribution in [0.4, 0.5) is 0 Å². The molecule has 0 saturated heterocycles. The molecule has 0 radical (unpaired) electrons. The Hall–Kier alpha value is -1.09. The van der Waals surface area contributed by atoms with Gasteiger partial charge in [-0.15, -0.1) is 0 Å². The molecule has 1 rings (SSSR count). The Morgan fingerprint density at radius 3 is 2.58 bits per heavy atom. The molecule has 1 aromatic rings. The summed E-state index contributed by atoms with van der Waals surface area (Å²) in [6, 6.07) is 3.57. The van der Waals surface area contributed by atoms with Crippen LogP contribution in [0, 0.1) is 0 Å². The molecule has 0 aliphatic rings. The quantitative estimate of drug-likeness (QED) is 0.722. The first-order valence-corrected chi connectivity index (χ1v) is 3.77. The van der Waals surface area contributed by atoms with Crippen LogP contribution in [0.2, 0.25) is 0 Å². The molecule has 1 aromatic heterocycles. The molecule has 12 heavy (non-hydrogen) atoms. The van der Waals surface area contributed by atoms with Crippen molar-refractivity contribution in [2.24, 2.45) is 0 Å². The van der Waals surface area contributed by atoms with Crippen LogP contribution in [-0.2, 0) is 5.60 Å². The molecule has 1 N–H and O–H groups in total. The van der Waals surface area contributed by atoms with Crippen molar-refractivity contribution in [2.75, 3.05) is 7.11 Å². The molecule has 0 aliphatic carbocycles. The van der Waals surface area contributed by atoms with Gasteiger partial charge in [-0.2, -0.15) is 0 Å². The van der Waals surface area contributed by atoms with E-state index in [-0.39, 0.29) is 0 Å². The summed E-state index contributed by atoms with van der Waals surface area (Å²) in [7, 11) is 1.54. The second-order valence-electron chi connectivity index (χ2n) is 3.12. The van der Waals surface area contributed by atoms with Crippen LogP contribution in [0.5, 0.6) is 5.88 Å². The number of nitrogens with zero attached hydrogens (tertiary/aromatic N) is 1. The lowest BCUT2D eigenvalue weighted by molar-refractivity contribution is 0.0749. The zero-order chi connectivity index (χ0) is 9.19. The smallest absolute Gasteiger partial charge is 0.219 e. The van der Waals surface area contributed by atoms with E-state index in [4.69, 9.17) is 4.74 Å². The van der Waals surface area contributed by atoms with Crippen molar-refractivity contribution < 1.29 is 9.84 Å². The molecule has 0 saturated carbocycles. The van der Waals surface area contributed by atoms with E-state index in [2.05, 4.69) is 4.98 Å². The van der Waals surface area contributed by atoms with Crippen molar-refractivity contribution in [3.05, 3.63) is 23.9 Å². The summed E-state index contributed by atoms with van der Waals surface area (Å²) in [4.78, 5) is 3.98. The number of pyridine rings is 1. The van der Waals surface area contributed by atoms with Crippen molar-refractivity contribution in [3.8, 4) is 5.88 Å². The van der Waals surface area contributed by atoms with E-state index in [0.29, 0.717) is 11.4 Å². The molecule has 0 aliphatic heterocycles. The minimum absolute atomic E-state index is 0.477. The second-order valence-corrected chi connectivity index (χ2v) is 3.12. The molecule has 1 heterocycles. The maximum atomic E-state index is 9.68. The van der Waals surface area contributed by atoms with Crippen molar-refractivity contribution in [1.29, 1.82) is 0 Å². The predicted molar refractivity (Wildman–Crippen MR) is 46.0 cm³/mol. The van der Waals surface area contributed by atoms with Crippen LogP contribution in [0.3, 0.4) is 0 Å². The van der Waals surface area contributed by atoms with Crippen LogP contribution >= 0.6 is 0 Å². The average molecular weight is 167 g/mol.